The summed E-state index contributed by atoms with van der Waals surface area (Å²) in [4.78, 5) is 0. The van der Waals surface area contributed by atoms with Crippen molar-refractivity contribution in [3.8, 4) is 0 Å². The van der Waals surface area contributed by atoms with Crippen molar-refractivity contribution in [3.05, 3.63) is 5.21 Å². The molecule has 1 rings (SSSR count). The third-order valence-electron chi connectivity index (χ3n) is 6.21. The van der Waals surface area contributed by atoms with E-state index in [2.05, 4.69) is 6.92 Å². The van der Waals surface area contributed by atoms with Crippen LogP contribution >= 0.6 is 0 Å². The maximum Gasteiger partial charge on any atom is 0.102 e. The van der Waals surface area contributed by atoms with Crippen molar-refractivity contribution in [2.45, 2.75) is 122 Å². The summed E-state index contributed by atoms with van der Waals surface area (Å²) < 4.78 is 5.29. The smallest absolute Gasteiger partial charge is 0.102 e. The molecule has 0 aromatic rings. The van der Waals surface area contributed by atoms with Crippen LogP contribution < -0.4 is 0 Å². The molecule has 0 saturated carbocycles. The number of rotatable bonds is 19. The molecular weight excluding hydrogens is 334 g/mol. The zero-order chi connectivity index (χ0) is 19.5. The minimum absolute atomic E-state index is 0.00113. The number of hydrogen-bond donors (Lipinski definition) is 0. The highest BCUT2D eigenvalue weighted by molar-refractivity contribution is 4.53. The molecule has 1 aliphatic rings. The zero-order valence-electron chi connectivity index (χ0n) is 18.5. The molecule has 0 aromatic heterocycles. The number of ether oxygens (including phenoxy) is 1. The summed E-state index contributed by atoms with van der Waals surface area (Å²) in [5.74, 6) is 0. The van der Waals surface area contributed by atoms with E-state index in [9.17, 15) is 5.21 Å². The predicted molar refractivity (Wildman–Crippen MR) is 118 cm³/mol. The molecule has 0 spiro atoms. The summed E-state index contributed by atoms with van der Waals surface area (Å²) in [5, 5.41) is 12.4. The van der Waals surface area contributed by atoms with Crippen molar-refractivity contribution >= 4 is 0 Å². The normalized spacial score (nSPS) is 16.7. The fraction of sp³-hybridized carbons (Fsp3) is 1.00. The fourth-order valence-electron chi connectivity index (χ4n) is 4.20. The Labute approximate surface area is 170 Å². The highest BCUT2D eigenvalue weighted by Gasteiger charge is 2.20. The molecule has 3 nitrogen and oxygen atoms in total. The molecule has 0 bridgehead atoms. The first-order valence-electron chi connectivity index (χ1n) is 12.4. The number of hydrogen-bond acceptors (Lipinski definition) is 2. The number of morpholine rings is 1. The molecular formula is C24H49NO2. The van der Waals surface area contributed by atoms with Gasteiger partial charge in [-0.3, -0.25) is 0 Å². The largest absolute Gasteiger partial charge is 0.633 e. The van der Waals surface area contributed by atoms with E-state index in [1.54, 1.807) is 0 Å². The molecule has 1 fully saturated rings. The third-order valence-corrected chi connectivity index (χ3v) is 6.21. The molecule has 1 aliphatic heterocycles. The molecule has 27 heavy (non-hydrogen) atoms. The molecule has 0 amide bonds. The van der Waals surface area contributed by atoms with E-state index in [-0.39, 0.29) is 4.65 Å². The van der Waals surface area contributed by atoms with E-state index in [0.717, 1.165) is 13.0 Å². The van der Waals surface area contributed by atoms with Gasteiger partial charge < -0.3 is 14.6 Å². The van der Waals surface area contributed by atoms with Gasteiger partial charge >= 0.3 is 0 Å². The van der Waals surface area contributed by atoms with Gasteiger partial charge in [0, 0.05) is 0 Å². The lowest BCUT2D eigenvalue weighted by atomic mass is 10.0. The summed E-state index contributed by atoms with van der Waals surface area (Å²) >= 11 is 0. The summed E-state index contributed by atoms with van der Waals surface area (Å²) in [6, 6.07) is 0. The average Bonchev–Trinajstić information content (AvgIpc) is 2.67. The van der Waals surface area contributed by atoms with Crippen molar-refractivity contribution in [1.82, 2.24) is 0 Å². The van der Waals surface area contributed by atoms with Gasteiger partial charge in [-0.15, -0.1) is 0 Å². The van der Waals surface area contributed by atoms with Crippen molar-refractivity contribution in [2.75, 3.05) is 32.8 Å². The number of nitrogens with zero attached hydrogens (tertiary/aromatic N) is 1. The summed E-state index contributed by atoms with van der Waals surface area (Å²) in [6.45, 7) is 5.74. The minimum Gasteiger partial charge on any atom is -0.633 e. The molecule has 0 unspecified atom stereocenters. The van der Waals surface area contributed by atoms with Gasteiger partial charge in [0.2, 0.25) is 0 Å². The van der Waals surface area contributed by atoms with Crippen LogP contribution in [0.1, 0.15) is 122 Å². The second-order valence-electron chi connectivity index (χ2n) is 8.85. The first-order chi connectivity index (χ1) is 13.3. The van der Waals surface area contributed by atoms with Gasteiger partial charge in [0.05, 0.1) is 19.8 Å². The Morgan fingerprint density at radius 3 is 1.26 bits per heavy atom. The van der Waals surface area contributed by atoms with E-state index in [0.29, 0.717) is 26.3 Å². The topological polar surface area (TPSA) is 32.3 Å². The van der Waals surface area contributed by atoms with Crippen LogP contribution in [-0.2, 0) is 4.74 Å². The second kappa shape index (κ2) is 17.9. The van der Waals surface area contributed by atoms with Crippen LogP contribution in [0.25, 0.3) is 0 Å². The second-order valence-corrected chi connectivity index (χ2v) is 8.85. The van der Waals surface area contributed by atoms with E-state index in [4.69, 9.17) is 4.74 Å². The Bertz CT molecular complexity index is 303. The van der Waals surface area contributed by atoms with Gasteiger partial charge in [0.15, 0.2) is 0 Å². The molecule has 3 heteroatoms. The number of unbranched alkanes of at least 4 members (excludes halogenated alkanes) is 17. The highest BCUT2D eigenvalue weighted by atomic mass is 16.6. The van der Waals surface area contributed by atoms with E-state index in [1.807, 2.05) is 0 Å². The van der Waals surface area contributed by atoms with Crippen LogP contribution in [0.5, 0.6) is 0 Å². The monoisotopic (exact) mass is 383 g/mol. The van der Waals surface area contributed by atoms with Crippen molar-refractivity contribution in [2.24, 2.45) is 0 Å². The molecule has 0 atom stereocenters. The molecule has 162 valence electrons. The van der Waals surface area contributed by atoms with Crippen LogP contribution in [0.15, 0.2) is 0 Å². The maximum atomic E-state index is 12.4. The van der Waals surface area contributed by atoms with Crippen LogP contribution in [0.4, 0.5) is 0 Å². The van der Waals surface area contributed by atoms with Crippen molar-refractivity contribution in [1.29, 1.82) is 0 Å². The summed E-state index contributed by atoms with van der Waals surface area (Å²) in [7, 11) is 0. The van der Waals surface area contributed by atoms with E-state index in [1.165, 1.54) is 109 Å². The van der Waals surface area contributed by atoms with Crippen LogP contribution in [0.2, 0.25) is 0 Å². The molecule has 0 radical (unpaired) electrons. The van der Waals surface area contributed by atoms with Gasteiger partial charge in [0.25, 0.3) is 0 Å². The Hall–Kier alpha value is -0.120. The quantitative estimate of drug-likeness (QED) is 0.132. The van der Waals surface area contributed by atoms with E-state index < -0.39 is 0 Å². The van der Waals surface area contributed by atoms with Crippen LogP contribution in [0.3, 0.4) is 0 Å². The molecule has 1 heterocycles. The van der Waals surface area contributed by atoms with Crippen molar-refractivity contribution in [3.63, 3.8) is 0 Å². The first-order valence-corrected chi connectivity index (χ1v) is 12.4. The standard InChI is InChI=1S/C24H49NO2/c1-2-3-4-5-6-7-8-9-10-11-12-13-14-15-16-17-18-19-20-25(26)21-23-27-24-22-25/h2-24H2,1H3. The predicted octanol–water partition coefficient (Wildman–Crippen LogP) is 7.37. The van der Waals surface area contributed by atoms with Gasteiger partial charge in [0.1, 0.15) is 13.1 Å². The highest BCUT2D eigenvalue weighted by Crippen LogP contribution is 2.15. The third kappa shape index (κ3) is 15.5. The Morgan fingerprint density at radius 2 is 0.889 bits per heavy atom. The zero-order valence-corrected chi connectivity index (χ0v) is 18.5. The van der Waals surface area contributed by atoms with E-state index >= 15 is 0 Å². The minimum atomic E-state index is -0.00113. The number of hydroxylamine groups is 3. The maximum absolute atomic E-state index is 12.4. The summed E-state index contributed by atoms with van der Waals surface area (Å²) in [5.41, 5.74) is 0. The van der Waals surface area contributed by atoms with Crippen LogP contribution in [0, 0.1) is 5.21 Å². The summed E-state index contributed by atoms with van der Waals surface area (Å²) in [6.07, 6.45) is 25.1. The Balaban J connectivity index is 1.70. The lowest BCUT2D eigenvalue weighted by Crippen LogP contribution is -2.50. The Kier molecular flexibility index (Phi) is 16.6. The molecule has 0 aromatic carbocycles. The SMILES string of the molecule is CCCCCCCCCCCCCCCCCCCC[N+]1([O-])CCOCC1. The van der Waals surface area contributed by atoms with Gasteiger partial charge in [-0.2, -0.15) is 0 Å². The van der Waals surface area contributed by atoms with Gasteiger partial charge in [-0.1, -0.05) is 110 Å². The van der Waals surface area contributed by atoms with Gasteiger partial charge in [-0.25, -0.2) is 0 Å². The van der Waals surface area contributed by atoms with Crippen LogP contribution in [-0.4, -0.2) is 37.5 Å². The Morgan fingerprint density at radius 1 is 0.556 bits per heavy atom. The van der Waals surface area contributed by atoms with Crippen molar-refractivity contribution < 1.29 is 9.38 Å². The first kappa shape index (κ1) is 24.9. The number of quaternary nitrogens is 1. The average molecular weight is 384 g/mol. The molecule has 1 saturated heterocycles. The lowest BCUT2D eigenvalue weighted by Gasteiger charge is -2.45. The molecule has 0 N–H and O–H groups in total. The fourth-order valence-corrected chi connectivity index (χ4v) is 4.20. The van der Waals surface area contributed by atoms with Gasteiger partial charge in [-0.05, 0) is 12.8 Å². The molecule has 0 aliphatic carbocycles. The lowest BCUT2D eigenvalue weighted by molar-refractivity contribution is -0.888.